The summed E-state index contributed by atoms with van der Waals surface area (Å²) in [5, 5.41) is 1.56. The fraction of sp³-hybridized carbons (Fsp3) is 0.318. The zero-order valence-electron chi connectivity index (χ0n) is 15.4. The van der Waals surface area contributed by atoms with E-state index in [9.17, 15) is 0 Å². The van der Waals surface area contributed by atoms with Gasteiger partial charge in [-0.3, -0.25) is 0 Å². The zero-order valence-corrected chi connectivity index (χ0v) is 17.8. The average Bonchev–Trinajstić information content (AvgIpc) is 3.16. The molecule has 0 aliphatic carbocycles. The summed E-state index contributed by atoms with van der Waals surface area (Å²) in [7, 11) is 0. The molecule has 1 unspecified atom stereocenters. The second-order valence-electron chi connectivity index (χ2n) is 6.85. The summed E-state index contributed by atoms with van der Waals surface area (Å²) in [5.41, 5.74) is 1.32. The van der Waals surface area contributed by atoms with Crippen LogP contribution < -0.4 is 0 Å². The number of halogens is 2. The molecule has 1 heterocycles. The van der Waals surface area contributed by atoms with Crippen molar-refractivity contribution in [2.24, 2.45) is 0 Å². The Kier molecular flexibility index (Phi) is 7.28. The Labute approximate surface area is 175 Å². The van der Waals surface area contributed by atoms with E-state index in [0.29, 0.717) is 0 Å². The number of rotatable bonds is 9. The van der Waals surface area contributed by atoms with Gasteiger partial charge in [0.25, 0.3) is 0 Å². The molecular formula is C22H24Cl2N2S. The zero-order chi connectivity index (χ0) is 19.1. The first kappa shape index (κ1) is 20.3. The van der Waals surface area contributed by atoms with Crippen molar-refractivity contribution in [3.63, 3.8) is 0 Å². The van der Waals surface area contributed by atoms with Gasteiger partial charge in [-0.1, -0.05) is 48.7 Å². The highest BCUT2D eigenvalue weighted by Gasteiger charge is 2.31. The van der Waals surface area contributed by atoms with Gasteiger partial charge < -0.3 is 4.57 Å². The Hall–Kier alpha value is -1.42. The van der Waals surface area contributed by atoms with Crippen LogP contribution in [0.4, 0.5) is 0 Å². The van der Waals surface area contributed by atoms with Crippen LogP contribution in [-0.2, 0) is 13.0 Å². The Morgan fingerprint density at radius 3 is 2.22 bits per heavy atom. The molecular weight excluding hydrogens is 395 g/mol. The van der Waals surface area contributed by atoms with Crippen LogP contribution in [-0.4, -0.2) is 14.3 Å². The van der Waals surface area contributed by atoms with Crippen LogP contribution in [0.5, 0.6) is 0 Å². The van der Waals surface area contributed by atoms with E-state index in [1.54, 1.807) is 0 Å². The number of aryl methyl sites for hydroxylation is 1. The molecule has 2 nitrogen and oxygen atoms in total. The average molecular weight is 419 g/mol. The molecule has 0 N–H and O–H groups in total. The molecule has 0 bridgehead atoms. The van der Waals surface area contributed by atoms with Gasteiger partial charge in [0.2, 0.25) is 0 Å². The lowest BCUT2D eigenvalue weighted by Crippen LogP contribution is -2.31. The van der Waals surface area contributed by atoms with E-state index in [4.69, 9.17) is 23.2 Å². The van der Waals surface area contributed by atoms with Crippen molar-refractivity contribution in [2.45, 2.75) is 48.8 Å². The van der Waals surface area contributed by atoms with Crippen molar-refractivity contribution in [2.75, 3.05) is 0 Å². The normalized spacial score (nSPS) is 13.4. The maximum atomic E-state index is 6.08. The number of hydrogen-bond acceptors (Lipinski definition) is 2. The molecule has 0 aliphatic heterocycles. The Bertz CT molecular complexity index is 817. The number of hydrogen-bond donors (Lipinski definition) is 0. The van der Waals surface area contributed by atoms with Crippen molar-refractivity contribution in [1.82, 2.24) is 9.55 Å². The Morgan fingerprint density at radius 1 is 0.963 bits per heavy atom. The highest BCUT2D eigenvalue weighted by Crippen LogP contribution is 2.42. The molecule has 1 atom stereocenters. The molecule has 0 fully saturated rings. The molecule has 0 aliphatic rings. The van der Waals surface area contributed by atoms with Crippen LogP contribution in [0.2, 0.25) is 10.0 Å². The monoisotopic (exact) mass is 418 g/mol. The molecule has 5 heteroatoms. The minimum absolute atomic E-state index is 0.0862. The molecule has 3 aromatic rings. The summed E-state index contributed by atoms with van der Waals surface area (Å²) in [6, 6.07) is 16.4. The first-order chi connectivity index (χ1) is 13.1. The summed E-state index contributed by atoms with van der Waals surface area (Å²) in [5.74, 6) is 0. The van der Waals surface area contributed by atoms with E-state index >= 15 is 0 Å². The molecule has 3 rings (SSSR count). The van der Waals surface area contributed by atoms with Gasteiger partial charge in [0.05, 0.1) is 6.33 Å². The molecule has 142 valence electrons. The molecule has 0 saturated heterocycles. The summed E-state index contributed by atoms with van der Waals surface area (Å²) in [6.45, 7) is 3.19. The number of nitrogens with zero attached hydrogens (tertiary/aromatic N) is 2. The smallest absolute Gasteiger partial charge is 0.0946 e. The highest BCUT2D eigenvalue weighted by molar-refractivity contribution is 8.00. The quantitative estimate of drug-likeness (QED) is 0.343. The van der Waals surface area contributed by atoms with Gasteiger partial charge in [-0.15, -0.1) is 11.8 Å². The van der Waals surface area contributed by atoms with Gasteiger partial charge in [-0.25, -0.2) is 4.98 Å². The second kappa shape index (κ2) is 9.68. The Balaban J connectivity index is 1.84. The third-order valence-corrected chi connectivity index (χ3v) is 6.65. The van der Waals surface area contributed by atoms with E-state index in [-0.39, 0.29) is 4.75 Å². The van der Waals surface area contributed by atoms with Gasteiger partial charge in [0, 0.05) is 38.6 Å². The van der Waals surface area contributed by atoms with Crippen molar-refractivity contribution in [1.29, 1.82) is 0 Å². The fourth-order valence-corrected chi connectivity index (χ4v) is 5.11. The van der Waals surface area contributed by atoms with Gasteiger partial charge in [-0.2, -0.15) is 0 Å². The molecule has 0 spiro atoms. The van der Waals surface area contributed by atoms with E-state index in [0.717, 1.165) is 42.3 Å². The van der Waals surface area contributed by atoms with Crippen LogP contribution in [0, 0.1) is 0 Å². The molecule has 0 radical (unpaired) electrons. The van der Waals surface area contributed by atoms with Gasteiger partial charge >= 0.3 is 0 Å². The predicted molar refractivity (Wildman–Crippen MR) is 117 cm³/mol. The Morgan fingerprint density at radius 2 is 1.63 bits per heavy atom. The summed E-state index contributed by atoms with van der Waals surface area (Å²) < 4.78 is 2.28. The second-order valence-corrected chi connectivity index (χ2v) is 9.26. The van der Waals surface area contributed by atoms with Crippen LogP contribution in [0.3, 0.4) is 0 Å². The fourth-order valence-electron chi connectivity index (χ4n) is 3.36. The number of imidazole rings is 1. The van der Waals surface area contributed by atoms with E-state index < -0.39 is 0 Å². The number of benzene rings is 2. The van der Waals surface area contributed by atoms with Crippen LogP contribution >= 0.6 is 35.0 Å². The topological polar surface area (TPSA) is 17.8 Å². The number of thioether (sulfide) groups is 1. The lowest BCUT2D eigenvalue weighted by atomic mass is 9.94. The minimum Gasteiger partial charge on any atom is -0.336 e. The minimum atomic E-state index is 0.0862. The van der Waals surface area contributed by atoms with Crippen LogP contribution in [0.25, 0.3) is 0 Å². The largest absolute Gasteiger partial charge is 0.336 e. The molecule has 0 saturated carbocycles. The van der Waals surface area contributed by atoms with E-state index in [2.05, 4.69) is 46.9 Å². The summed E-state index contributed by atoms with van der Waals surface area (Å²) in [4.78, 5) is 5.49. The summed E-state index contributed by atoms with van der Waals surface area (Å²) in [6.07, 6.45) is 10.2. The van der Waals surface area contributed by atoms with Crippen molar-refractivity contribution in [3.05, 3.63) is 82.9 Å². The van der Waals surface area contributed by atoms with Crippen LogP contribution in [0.1, 0.15) is 31.7 Å². The van der Waals surface area contributed by atoms with Crippen LogP contribution in [0.15, 0.2) is 72.1 Å². The van der Waals surface area contributed by atoms with Crippen molar-refractivity contribution >= 4 is 35.0 Å². The first-order valence-corrected chi connectivity index (χ1v) is 10.8. The maximum absolute atomic E-state index is 6.08. The molecule has 0 amide bonds. The summed E-state index contributed by atoms with van der Waals surface area (Å²) >= 11 is 14.1. The van der Waals surface area contributed by atoms with Gasteiger partial charge in [-0.05, 0) is 61.2 Å². The van der Waals surface area contributed by atoms with E-state index in [1.807, 2.05) is 48.6 Å². The molecule has 1 aromatic heterocycles. The lowest BCUT2D eigenvalue weighted by Gasteiger charge is -2.34. The first-order valence-electron chi connectivity index (χ1n) is 9.23. The van der Waals surface area contributed by atoms with Gasteiger partial charge in [0.15, 0.2) is 0 Å². The third kappa shape index (κ3) is 6.03. The standard InChI is InChI=1S/C22H24Cl2N2S/c1-2-12-22(16-26-15-14-25-17-26,27-21-9-7-20(24)8-10-21)13-11-18-3-5-19(23)6-4-18/h3-10,14-15,17H,2,11-13,16H2,1H3. The number of aromatic nitrogens is 2. The SMILES string of the molecule is CCCC(CCc1ccc(Cl)cc1)(Cn1ccnc1)Sc1ccc(Cl)cc1. The lowest BCUT2D eigenvalue weighted by molar-refractivity contribution is 0.429. The molecule has 27 heavy (non-hydrogen) atoms. The van der Waals surface area contributed by atoms with Gasteiger partial charge in [0.1, 0.15) is 0 Å². The van der Waals surface area contributed by atoms with E-state index in [1.165, 1.54) is 10.5 Å². The highest BCUT2D eigenvalue weighted by atomic mass is 35.5. The van der Waals surface area contributed by atoms with Crippen molar-refractivity contribution in [3.8, 4) is 0 Å². The maximum Gasteiger partial charge on any atom is 0.0946 e. The third-order valence-electron chi connectivity index (χ3n) is 4.67. The predicted octanol–water partition coefficient (Wildman–Crippen LogP) is 7.15. The molecule has 2 aromatic carbocycles. The van der Waals surface area contributed by atoms with Crippen molar-refractivity contribution < 1.29 is 0 Å².